The van der Waals surface area contributed by atoms with Crippen LogP contribution in [0.5, 0.6) is 0 Å². The summed E-state index contributed by atoms with van der Waals surface area (Å²) in [5.74, 6) is -0.0925. The Morgan fingerprint density at radius 2 is 2.33 bits per heavy atom. The van der Waals surface area contributed by atoms with E-state index in [1.165, 1.54) is 11.3 Å². The number of hydrogen-bond donors (Lipinski definition) is 1. The average Bonchev–Trinajstić information content (AvgIpc) is 3.00. The molecule has 0 bridgehead atoms. The highest BCUT2D eigenvalue weighted by Gasteiger charge is 2.17. The maximum atomic E-state index is 12.1. The van der Waals surface area contributed by atoms with Gasteiger partial charge in [0.05, 0.1) is 6.54 Å². The van der Waals surface area contributed by atoms with Gasteiger partial charge in [-0.25, -0.2) is 0 Å². The molecule has 0 spiro atoms. The number of nitrogens with one attached hydrogen (secondary N) is 1. The number of hydrogen-bond acceptors (Lipinski definition) is 6. The molecular formula is C11H14N4OS2. The van der Waals surface area contributed by atoms with Crippen molar-refractivity contribution in [2.75, 3.05) is 18.9 Å². The predicted octanol–water partition coefficient (Wildman–Crippen LogP) is 2.30. The third-order valence-electron chi connectivity index (χ3n) is 2.26. The maximum absolute atomic E-state index is 12.1. The standard InChI is InChI=1S/C11H14N4OS2/c1-3-12-11-14-13-9(18-11)10(16)15(2)7-8-5-4-6-17-8/h4-6H,3,7H2,1-2H3,(H,12,14). The van der Waals surface area contributed by atoms with Crippen molar-refractivity contribution < 1.29 is 4.79 Å². The van der Waals surface area contributed by atoms with Crippen molar-refractivity contribution in [1.82, 2.24) is 15.1 Å². The fourth-order valence-corrected chi connectivity index (χ4v) is 2.97. The van der Waals surface area contributed by atoms with E-state index >= 15 is 0 Å². The number of nitrogens with zero attached hydrogens (tertiary/aromatic N) is 3. The van der Waals surface area contributed by atoms with Crippen molar-refractivity contribution in [3.63, 3.8) is 0 Å². The molecule has 0 unspecified atom stereocenters. The van der Waals surface area contributed by atoms with Gasteiger partial charge in [0.1, 0.15) is 0 Å². The summed E-state index contributed by atoms with van der Waals surface area (Å²) in [4.78, 5) is 14.9. The monoisotopic (exact) mass is 282 g/mol. The van der Waals surface area contributed by atoms with Gasteiger partial charge in [0, 0.05) is 18.5 Å². The number of amides is 1. The summed E-state index contributed by atoms with van der Waals surface area (Å²) in [7, 11) is 1.77. The van der Waals surface area contributed by atoms with E-state index in [-0.39, 0.29) is 5.91 Å². The van der Waals surface area contributed by atoms with Crippen LogP contribution in [0.15, 0.2) is 17.5 Å². The zero-order valence-corrected chi connectivity index (χ0v) is 11.8. The van der Waals surface area contributed by atoms with Crippen LogP contribution < -0.4 is 5.32 Å². The van der Waals surface area contributed by atoms with Gasteiger partial charge < -0.3 is 10.2 Å². The van der Waals surface area contributed by atoms with E-state index in [1.807, 2.05) is 24.4 Å². The normalized spacial score (nSPS) is 10.3. The molecule has 0 aliphatic carbocycles. The molecule has 2 aromatic rings. The molecule has 0 saturated heterocycles. The highest BCUT2D eigenvalue weighted by Crippen LogP contribution is 2.18. The number of carbonyl (C=O) groups is 1. The number of carbonyl (C=O) groups excluding carboxylic acids is 1. The van der Waals surface area contributed by atoms with Crippen LogP contribution in [-0.4, -0.2) is 34.6 Å². The van der Waals surface area contributed by atoms with E-state index in [0.29, 0.717) is 16.7 Å². The Kier molecular flexibility index (Phi) is 4.27. The van der Waals surface area contributed by atoms with E-state index in [0.717, 1.165) is 11.4 Å². The van der Waals surface area contributed by atoms with Gasteiger partial charge in [0.25, 0.3) is 5.91 Å². The molecule has 1 N–H and O–H groups in total. The van der Waals surface area contributed by atoms with Crippen LogP contribution in [0.3, 0.4) is 0 Å². The average molecular weight is 282 g/mol. The van der Waals surface area contributed by atoms with Crippen LogP contribution in [0.4, 0.5) is 5.13 Å². The minimum Gasteiger partial charge on any atom is -0.360 e. The summed E-state index contributed by atoms with van der Waals surface area (Å²) in [6.07, 6.45) is 0. The second-order valence-electron chi connectivity index (χ2n) is 3.68. The van der Waals surface area contributed by atoms with Gasteiger partial charge in [-0.2, -0.15) is 0 Å². The molecule has 2 heterocycles. The Balaban J connectivity index is 2.01. The fourth-order valence-electron chi connectivity index (χ4n) is 1.40. The van der Waals surface area contributed by atoms with Crippen LogP contribution in [0.25, 0.3) is 0 Å². The first-order chi connectivity index (χ1) is 8.70. The van der Waals surface area contributed by atoms with Gasteiger partial charge in [0.15, 0.2) is 0 Å². The Morgan fingerprint density at radius 3 is 3.00 bits per heavy atom. The fraction of sp³-hybridized carbons (Fsp3) is 0.364. The van der Waals surface area contributed by atoms with E-state index in [9.17, 15) is 4.79 Å². The van der Waals surface area contributed by atoms with Crippen LogP contribution in [0, 0.1) is 0 Å². The van der Waals surface area contributed by atoms with E-state index in [4.69, 9.17) is 0 Å². The highest BCUT2D eigenvalue weighted by molar-refractivity contribution is 7.17. The number of aromatic nitrogens is 2. The molecule has 0 saturated carbocycles. The van der Waals surface area contributed by atoms with E-state index in [2.05, 4.69) is 15.5 Å². The summed E-state index contributed by atoms with van der Waals surface area (Å²) in [5, 5.41) is 14.0. The molecule has 5 nitrogen and oxygen atoms in total. The van der Waals surface area contributed by atoms with E-state index in [1.54, 1.807) is 23.3 Å². The molecule has 2 aromatic heterocycles. The molecule has 18 heavy (non-hydrogen) atoms. The van der Waals surface area contributed by atoms with Gasteiger partial charge in [-0.3, -0.25) is 4.79 Å². The molecule has 0 aromatic carbocycles. The van der Waals surface area contributed by atoms with Gasteiger partial charge in [-0.1, -0.05) is 17.4 Å². The lowest BCUT2D eigenvalue weighted by Gasteiger charge is -2.13. The summed E-state index contributed by atoms with van der Waals surface area (Å²) in [6, 6.07) is 3.99. The zero-order valence-electron chi connectivity index (χ0n) is 10.2. The molecule has 96 valence electrons. The van der Waals surface area contributed by atoms with Crippen molar-refractivity contribution >= 4 is 33.7 Å². The first-order valence-corrected chi connectivity index (χ1v) is 7.25. The number of anilines is 1. The second-order valence-corrected chi connectivity index (χ2v) is 5.69. The molecule has 1 amide bonds. The molecule has 0 aliphatic heterocycles. The SMILES string of the molecule is CCNc1nnc(C(=O)N(C)Cc2cccs2)s1. The third-order valence-corrected chi connectivity index (χ3v) is 3.99. The minimum absolute atomic E-state index is 0.0925. The Bertz CT molecular complexity index is 509. The summed E-state index contributed by atoms with van der Waals surface area (Å²) < 4.78 is 0. The minimum atomic E-state index is -0.0925. The number of rotatable bonds is 5. The van der Waals surface area contributed by atoms with Crippen molar-refractivity contribution in [2.24, 2.45) is 0 Å². The lowest BCUT2D eigenvalue weighted by Crippen LogP contribution is -2.25. The molecule has 7 heteroatoms. The summed E-state index contributed by atoms with van der Waals surface area (Å²) in [6.45, 7) is 3.35. The van der Waals surface area contributed by atoms with Crippen molar-refractivity contribution in [3.8, 4) is 0 Å². The van der Waals surface area contributed by atoms with Crippen LogP contribution in [-0.2, 0) is 6.54 Å². The molecule has 0 radical (unpaired) electrons. The lowest BCUT2D eigenvalue weighted by atomic mass is 10.4. The highest BCUT2D eigenvalue weighted by atomic mass is 32.1. The van der Waals surface area contributed by atoms with Gasteiger partial charge >= 0.3 is 0 Å². The topological polar surface area (TPSA) is 58.1 Å². The zero-order chi connectivity index (χ0) is 13.0. The maximum Gasteiger partial charge on any atom is 0.284 e. The molecule has 2 rings (SSSR count). The van der Waals surface area contributed by atoms with Crippen LogP contribution >= 0.6 is 22.7 Å². The molecular weight excluding hydrogens is 268 g/mol. The number of thiophene rings is 1. The smallest absolute Gasteiger partial charge is 0.284 e. The molecule has 0 atom stereocenters. The first kappa shape index (κ1) is 13.0. The Hall–Kier alpha value is -1.47. The van der Waals surface area contributed by atoms with Gasteiger partial charge in [-0.15, -0.1) is 21.5 Å². The van der Waals surface area contributed by atoms with Crippen LogP contribution in [0.1, 0.15) is 21.6 Å². The van der Waals surface area contributed by atoms with Crippen LogP contribution in [0.2, 0.25) is 0 Å². The summed E-state index contributed by atoms with van der Waals surface area (Å²) in [5.41, 5.74) is 0. The predicted molar refractivity (Wildman–Crippen MR) is 74.2 cm³/mol. The third kappa shape index (κ3) is 3.05. The Labute approximate surface area is 113 Å². The molecule has 0 fully saturated rings. The quantitative estimate of drug-likeness (QED) is 0.914. The Morgan fingerprint density at radius 1 is 1.50 bits per heavy atom. The van der Waals surface area contributed by atoms with Crippen molar-refractivity contribution in [3.05, 3.63) is 27.4 Å². The van der Waals surface area contributed by atoms with Gasteiger partial charge in [-0.05, 0) is 18.4 Å². The lowest BCUT2D eigenvalue weighted by molar-refractivity contribution is 0.0785. The van der Waals surface area contributed by atoms with Crippen molar-refractivity contribution in [1.29, 1.82) is 0 Å². The van der Waals surface area contributed by atoms with E-state index < -0.39 is 0 Å². The second kappa shape index (κ2) is 5.92. The largest absolute Gasteiger partial charge is 0.360 e. The summed E-state index contributed by atoms with van der Waals surface area (Å²) >= 11 is 2.92. The molecule has 0 aliphatic rings. The van der Waals surface area contributed by atoms with Crippen molar-refractivity contribution in [2.45, 2.75) is 13.5 Å². The van der Waals surface area contributed by atoms with Gasteiger partial charge in [0.2, 0.25) is 10.1 Å². The first-order valence-electron chi connectivity index (χ1n) is 5.56.